The number of nitrogens with zero attached hydrogens (tertiary/aromatic N) is 6. The largest absolute Gasteiger partial charge is 0.383 e. The normalized spacial score (nSPS) is 14.4. The molecule has 4 heterocycles. The standard InChI is InChI=1S/C24H25F3N4O3.C13H13N3O2.C11H12F3NO.CH4/c1-24(2,3)23(33)30-17-11-14(25)20(26)19(21(17)27)22(32)13-4-5-15-16(10-13)29-18(12-28-15)31-6-8-34-9-7-31;17-9-10-1-2-11-12(7-10)15-13(8-14-11)16-3-5-18-6-4-16;1-11(2,3)10(16)15-9-5-7(13)6(12)4-8(9)14;/h4-5,10-12,22,32H,6-9H2,1-3H3,(H,30,33);1-2,7-9H,3-6H2;4-5H,1-3H3,(H,15,16);1H4. The van der Waals surface area contributed by atoms with Gasteiger partial charge in [-0.15, -0.1) is 0 Å². The Labute approximate surface area is 395 Å². The summed E-state index contributed by atoms with van der Waals surface area (Å²) in [5.41, 5.74) is -0.259. The quantitative estimate of drug-likeness (QED) is 0.0790. The van der Waals surface area contributed by atoms with Gasteiger partial charge in [-0.3, -0.25) is 24.4 Å². The topological polar surface area (TPSA) is 172 Å². The molecular formula is C49H54F6N8O6. The second kappa shape index (κ2) is 22.6. The number of carbonyl (C=O) groups is 3. The fraction of sp³-hybridized carbons (Fsp3) is 0.367. The first-order valence-electron chi connectivity index (χ1n) is 21.4. The Morgan fingerprint density at radius 2 is 1.09 bits per heavy atom. The van der Waals surface area contributed by atoms with Gasteiger partial charge in [-0.2, -0.15) is 0 Å². The zero-order valence-electron chi connectivity index (χ0n) is 38.1. The van der Waals surface area contributed by atoms with Crippen molar-refractivity contribution in [3.05, 3.63) is 119 Å². The van der Waals surface area contributed by atoms with E-state index in [1.807, 2.05) is 11.0 Å². The van der Waals surface area contributed by atoms with Gasteiger partial charge in [-0.05, 0) is 35.9 Å². The minimum atomic E-state index is -1.85. The van der Waals surface area contributed by atoms with E-state index in [9.17, 15) is 41.4 Å². The number of aliphatic hydroxyl groups excluding tert-OH is 1. The van der Waals surface area contributed by atoms with Crippen LogP contribution >= 0.6 is 0 Å². The van der Waals surface area contributed by atoms with E-state index >= 15 is 4.39 Å². The van der Waals surface area contributed by atoms with Crippen LogP contribution in [-0.2, 0) is 19.1 Å². The molecular weight excluding hydrogens is 911 g/mol. The summed E-state index contributed by atoms with van der Waals surface area (Å²) in [4.78, 5) is 56.5. The van der Waals surface area contributed by atoms with E-state index < -0.39 is 74.9 Å². The number of fused-ring (bicyclic) bond motifs is 2. The van der Waals surface area contributed by atoms with Gasteiger partial charge < -0.3 is 35.0 Å². The van der Waals surface area contributed by atoms with Crippen molar-refractivity contribution < 1.29 is 55.3 Å². The van der Waals surface area contributed by atoms with Crippen molar-refractivity contribution in [1.29, 1.82) is 0 Å². The predicted molar refractivity (Wildman–Crippen MR) is 250 cm³/mol. The van der Waals surface area contributed by atoms with Crippen molar-refractivity contribution >= 4 is 63.2 Å². The molecule has 0 radical (unpaired) electrons. The Morgan fingerprint density at radius 1 is 0.623 bits per heavy atom. The number of anilines is 4. The maximum Gasteiger partial charge on any atom is 0.229 e. The summed E-state index contributed by atoms with van der Waals surface area (Å²) in [6.07, 6.45) is 2.37. The van der Waals surface area contributed by atoms with Gasteiger partial charge in [0.05, 0.1) is 77.8 Å². The van der Waals surface area contributed by atoms with E-state index in [1.165, 1.54) is 12.1 Å². The lowest BCUT2D eigenvalue weighted by atomic mass is 9.95. The zero-order valence-corrected chi connectivity index (χ0v) is 38.1. The van der Waals surface area contributed by atoms with Crippen LogP contribution in [0.15, 0.2) is 67.0 Å². The maximum absolute atomic E-state index is 15.2. The molecule has 2 fully saturated rings. The number of ether oxygens (including phenoxy) is 2. The Bertz CT molecular complexity index is 2810. The lowest BCUT2D eigenvalue weighted by Gasteiger charge is -2.27. The summed E-state index contributed by atoms with van der Waals surface area (Å²) in [5.74, 6) is -7.29. The van der Waals surface area contributed by atoms with E-state index in [1.54, 1.807) is 72.1 Å². The van der Waals surface area contributed by atoms with E-state index in [0.29, 0.717) is 80.1 Å². The zero-order chi connectivity index (χ0) is 49.5. The first-order chi connectivity index (χ1) is 32.1. The van der Waals surface area contributed by atoms with E-state index in [0.717, 1.165) is 36.2 Å². The van der Waals surface area contributed by atoms with E-state index in [2.05, 4.69) is 35.5 Å². The van der Waals surface area contributed by atoms with Crippen LogP contribution in [-0.4, -0.2) is 95.7 Å². The molecule has 2 aromatic heterocycles. The van der Waals surface area contributed by atoms with Gasteiger partial charge in [-0.25, -0.2) is 36.3 Å². The van der Waals surface area contributed by atoms with Crippen LogP contribution in [0.4, 0.5) is 49.4 Å². The summed E-state index contributed by atoms with van der Waals surface area (Å²) in [7, 11) is 0. The molecule has 0 saturated carbocycles. The number of halogens is 6. The number of aldehydes is 1. The Morgan fingerprint density at radius 3 is 1.59 bits per heavy atom. The van der Waals surface area contributed by atoms with E-state index in [-0.39, 0.29) is 18.7 Å². The SMILES string of the molecule is C.CC(C)(C)C(=O)Nc1cc(F)c(F)c(C(O)c2ccc3ncc(N4CCOCC4)nc3c2)c1F.CC(C)(C)C(=O)Nc1cc(F)c(F)cc1F.O=Cc1ccc2ncc(N3CCOCC3)nc2c1. The number of morpholine rings is 2. The van der Waals surface area contributed by atoms with Crippen molar-refractivity contribution in [3.8, 4) is 0 Å². The number of rotatable bonds is 7. The lowest BCUT2D eigenvalue weighted by Crippen LogP contribution is -2.36. The van der Waals surface area contributed by atoms with Crippen molar-refractivity contribution in [1.82, 2.24) is 19.9 Å². The third kappa shape index (κ3) is 13.3. The molecule has 1 atom stereocenters. The first kappa shape index (κ1) is 53.2. The third-order valence-corrected chi connectivity index (χ3v) is 10.6. The summed E-state index contributed by atoms with van der Waals surface area (Å²) >= 11 is 0. The van der Waals surface area contributed by atoms with Gasteiger partial charge in [-0.1, -0.05) is 55.0 Å². The second-order valence-corrected chi connectivity index (χ2v) is 17.8. The molecule has 0 bridgehead atoms. The second-order valence-electron chi connectivity index (χ2n) is 17.8. The fourth-order valence-corrected chi connectivity index (χ4v) is 6.53. The minimum absolute atomic E-state index is 0. The minimum Gasteiger partial charge on any atom is -0.383 e. The molecule has 2 saturated heterocycles. The highest BCUT2D eigenvalue weighted by Gasteiger charge is 2.29. The number of hydrogen-bond donors (Lipinski definition) is 3. The van der Waals surface area contributed by atoms with E-state index in [4.69, 9.17) is 9.47 Å². The molecule has 2 aliphatic heterocycles. The predicted octanol–water partition coefficient (Wildman–Crippen LogP) is 8.95. The number of aromatic nitrogens is 4. The summed E-state index contributed by atoms with van der Waals surface area (Å²) in [5, 5.41) is 15.3. The highest BCUT2D eigenvalue weighted by Crippen LogP contribution is 2.34. The number of hydrogen-bond acceptors (Lipinski definition) is 12. The molecule has 8 rings (SSSR count). The number of carbonyl (C=O) groups excluding carboxylic acids is 3. The third-order valence-electron chi connectivity index (χ3n) is 10.6. The molecule has 2 amide bonds. The first-order valence-corrected chi connectivity index (χ1v) is 21.4. The molecule has 20 heteroatoms. The fourth-order valence-electron chi connectivity index (χ4n) is 6.53. The van der Waals surface area contributed by atoms with Gasteiger partial charge in [0.1, 0.15) is 29.8 Å². The van der Waals surface area contributed by atoms with Gasteiger partial charge >= 0.3 is 0 Å². The molecule has 1 unspecified atom stereocenters. The van der Waals surface area contributed by atoms with Gasteiger partial charge in [0, 0.05) is 60.8 Å². The van der Waals surface area contributed by atoms with Crippen molar-refractivity contribution in [2.45, 2.75) is 55.1 Å². The molecule has 0 aliphatic carbocycles. The van der Waals surface area contributed by atoms with Crippen molar-refractivity contribution in [2.75, 3.05) is 73.0 Å². The Balaban J connectivity index is 0.000000213. The average Bonchev–Trinajstić information content (AvgIpc) is 3.32. The molecule has 2 aliphatic rings. The van der Waals surface area contributed by atoms with Gasteiger partial charge in [0.15, 0.2) is 29.1 Å². The number of aliphatic hydroxyl groups is 1. The summed E-state index contributed by atoms with van der Waals surface area (Å²) in [6, 6.07) is 11.3. The van der Waals surface area contributed by atoms with Crippen molar-refractivity contribution in [3.63, 3.8) is 0 Å². The smallest absolute Gasteiger partial charge is 0.229 e. The molecule has 3 N–H and O–H groups in total. The van der Waals surface area contributed by atoms with Crippen LogP contribution < -0.4 is 20.4 Å². The Kier molecular flexibility index (Phi) is 17.4. The van der Waals surface area contributed by atoms with Crippen molar-refractivity contribution in [2.24, 2.45) is 10.8 Å². The molecule has 368 valence electrons. The molecule has 0 spiro atoms. The molecule has 69 heavy (non-hydrogen) atoms. The van der Waals surface area contributed by atoms with Gasteiger partial charge in [0.25, 0.3) is 0 Å². The summed E-state index contributed by atoms with van der Waals surface area (Å²) in [6.45, 7) is 15.2. The molecule has 14 nitrogen and oxygen atoms in total. The average molecular weight is 965 g/mol. The number of benzene rings is 4. The van der Waals surface area contributed by atoms with Crippen LogP contribution in [0.5, 0.6) is 0 Å². The van der Waals surface area contributed by atoms with Crippen LogP contribution in [0.3, 0.4) is 0 Å². The number of nitrogens with one attached hydrogen (secondary N) is 2. The van der Waals surface area contributed by atoms with Crippen LogP contribution in [0, 0.1) is 45.7 Å². The Hall–Kier alpha value is -6.77. The highest BCUT2D eigenvalue weighted by molar-refractivity contribution is 5.95. The molecule has 6 aromatic rings. The monoisotopic (exact) mass is 964 g/mol. The highest BCUT2D eigenvalue weighted by atomic mass is 19.2. The van der Waals surface area contributed by atoms with Gasteiger partial charge in [0.2, 0.25) is 11.8 Å². The maximum atomic E-state index is 15.2. The van der Waals surface area contributed by atoms with Crippen LogP contribution in [0.25, 0.3) is 22.1 Å². The number of amides is 2. The lowest BCUT2D eigenvalue weighted by molar-refractivity contribution is -0.123. The van der Waals surface area contributed by atoms with Crippen LogP contribution in [0.2, 0.25) is 0 Å². The summed E-state index contributed by atoms with van der Waals surface area (Å²) < 4.78 is 93.4. The van der Waals surface area contributed by atoms with Crippen LogP contribution in [0.1, 0.15) is 76.6 Å². The molecule has 4 aromatic carbocycles.